The van der Waals surface area contributed by atoms with Crippen molar-refractivity contribution in [3.05, 3.63) is 26.6 Å². The number of amides is 2. The van der Waals surface area contributed by atoms with Crippen molar-refractivity contribution in [3.8, 4) is 0 Å². The number of hydrogen-bond acceptors (Lipinski definition) is 3. The highest BCUT2D eigenvalue weighted by molar-refractivity contribution is 9.11. The quantitative estimate of drug-likeness (QED) is 0.628. The molecule has 0 heterocycles. The van der Waals surface area contributed by atoms with E-state index in [0.717, 1.165) is 14.5 Å². The van der Waals surface area contributed by atoms with Gasteiger partial charge in [0.25, 0.3) is 0 Å². The monoisotopic (exact) mass is 438 g/mol. The van der Waals surface area contributed by atoms with Crippen LogP contribution in [0.15, 0.2) is 21.1 Å². The van der Waals surface area contributed by atoms with Crippen LogP contribution in [0.1, 0.15) is 12.0 Å². The molecule has 0 fully saturated rings. The molecule has 0 aliphatic heterocycles. The van der Waals surface area contributed by atoms with Gasteiger partial charge in [-0.3, -0.25) is 0 Å². The zero-order chi connectivity index (χ0) is 16.0. The number of aryl methyl sites for hydroxylation is 1. The van der Waals surface area contributed by atoms with Crippen LogP contribution in [0.2, 0.25) is 0 Å². The van der Waals surface area contributed by atoms with Gasteiger partial charge in [-0.2, -0.15) is 11.8 Å². The molecule has 21 heavy (non-hydrogen) atoms. The van der Waals surface area contributed by atoms with Crippen LogP contribution in [0.25, 0.3) is 0 Å². The molecule has 1 aromatic carbocycles. The molecular formula is C13H16Br2N2O3S. The van der Waals surface area contributed by atoms with Gasteiger partial charge in [-0.05, 0) is 74.9 Å². The predicted octanol–water partition coefficient (Wildman–Crippen LogP) is 3.85. The van der Waals surface area contributed by atoms with Crippen molar-refractivity contribution in [2.24, 2.45) is 0 Å². The standard InChI is InChI=1S/C13H16Br2N2O3S/c1-7-5-8(14)11(9(15)6-7)17-13(20)16-10(12(18)19)3-4-21-2/h5-6,10H,3-4H2,1-2H3,(H,18,19)(H2,16,17,20)/t10-/m1/s1. The summed E-state index contributed by atoms with van der Waals surface area (Å²) in [7, 11) is 0. The Labute approximate surface area is 144 Å². The molecule has 0 spiro atoms. The van der Waals surface area contributed by atoms with Crippen LogP contribution in [-0.4, -0.2) is 35.2 Å². The van der Waals surface area contributed by atoms with E-state index in [1.54, 1.807) is 0 Å². The number of carboxylic acids is 1. The van der Waals surface area contributed by atoms with Crippen LogP contribution in [0.4, 0.5) is 10.5 Å². The third-order valence-electron chi connectivity index (χ3n) is 2.64. The van der Waals surface area contributed by atoms with E-state index in [4.69, 9.17) is 5.11 Å². The topological polar surface area (TPSA) is 78.4 Å². The van der Waals surface area contributed by atoms with Gasteiger partial charge in [0.2, 0.25) is 0 Å². The van der Waals surface area contributed by atoms with Crippen molar-refractivity contribution in [2.45, 2.75) is 19.4 Å². The Kier molecular flexibility index (Phi) is 7.55. The molecule has 0 saturated carbocycles. The number of anilines is 1. The van der Waals surface area contributed by atoms with Crippen LogP contribution in [0.5, 0.6) is 0 Å². The Morgan fingerprint density at radius 1 is 1.33 bits per heavy atom. The van der Waals surface area contributed by atoms with Gasteiger partial charge in [0.1, 0.15) is 6.04 Å². The lowest BCUT2D eigenvalue weighted by molar-refractivity contribution is -0.139. The Balaban J connectivity index is 2.74. The highest BCUT2D eigenvalue weighted by Gasteiger charge is 2.20. The van der Waals surface area contributed by atoms with Gasteiger partial charge in [-0.25, -0.2) is 9.59 Å². The number of carbonyl (C=O) groups excluding carboxylic acids is 1. The Hall–Kier alpha value is -0.730. The minimum Gasteiger partial charge on any atom is -0.480 e. The average molecular weight is 440 g/mol. The minimum absolute atomic E-state index is 0.375. The number of halogens is 2. The second-order valence-corrected chi connectivity index (χ2v) is 7.07. The van der Waals surface area contributed by atoms with E-state index < -0.39 is 18.0 Å². The zero-order valence-corrected chi connectivity index (χ0v) is 15.6. The molecule has 3 N–H and O–H groups in total. The van der Waals surface area contributed by atoms with Crippen molar-refractivity contribution in [1.82, 2.24) is 5.32 Å². The molecule has 0 unspecified atom stereocenters. The average Bonchev–Trinajstić information content (AvgIpc) is 2.38. The molecule has 0 bridgehead atoms. The summed E-state index contributed by atoms with van der Waals surface area (Å²) >= 11 is 8.28. The van der Waals surface area contributed by atoms with Gasteiger partial charge in [0, 0.05) is 8.95 Å². The molecular weight excluding hydrogens is 424 g/mol. The van der Waals surface area contributed by atoms with E-state index in [1.165, 1.54) is 11.8 Å². The summed E-state index contributed by atoms with van der Waals surface area (Å²) in [5.74, 6) is -0.379. The van der Waals surface area contributed by atoms with Gasteiger partial charge in [0.05, 0.1) is 5.69 Å². The van der Waals surface area contributed by atoms with Crippen LogP contribution >= 0.6 is 43.6 Å². The fourth-order valence-electron chi connectivity index (χ4n) is 1.62. The molecule has 8 heteroatoms. The van der Waals surface area contributed by atoms with E-state index in [2.05, 4.69) is 42.5 Å². The fraction of sp³-hybridized carbons (Fsp3) is 0.385. The summed E-state index contributed by atoms with van der Waals surface area (Å²) in [5, 5.41) is 14.2. The maximum Gasteiger partial charge on any atom is 0.326 e. The van der Waals surface area contributed by atoms with Crippen LogP contribution in [-0.2, 0) is 4.79 Å². The fourth-order valence-corrected chi connectivity index (χ4v) is 3.71. The number of carbonyl (C=O) groups is 2. The summed E-state index contributed by atoms with van der Waals surface area (Å²) in [4.78, 5) is 23.0. The smallest absolute Gasteiger partial charge is 0.326 e. The summed E-state index contributed by atoms with van der Waals surface area (Å²) < 4.78 is 1.45. The Morgan fingerprint density at radius 3 is 2.38 bits per heavy atom. The van der Waals surface area contributed by atoms with Gasteiger partial charge >= 0.3 is 12.0 Å². The van der Waals surface area contributed by atoms with Crippen molar-refractivity contribution in [3.63, 3.8) is 0 Å². The molecule has 1 rings (SSSR count). The van der Waals surface area contributed by atoms with Crippen molar-refractivity contribution >= 4 is 61.3 Å². The zero-order valence-electron chi connectivity index (χ0n) is 11.6. The lowest BCUT2D eigenvalue weighted by atomic mass is 10.2. The summed E-state index contributed by atoms with van der Waals surface area (Å²) in [6, 6.07) is 2.28. The molecule has 2 amide bonds. The molecule has 0 saturated heterocycles. The van der Waals surface area contributed by atoms with E-state index in [-0.39, 0.29) is 0 Å². The van der Waals surface area contributed by atoms with Crippen molar-refractivity contribution in [2.75, 3.05) is 17.3 Å². The Morgan fingerprint density at radius 2 is 1.90 bits per heavy atom. The number of aliphatic carboxylic acids is 1. The lowest BCUT2D eigenvalue weighted by Gasteiger charge is -2.16. The van der Waals surface area contributed by atoms with E-state index in [1.807, 2.05) is 25.3 Å². The maximum absolute atomic E-state index is 11.9. The van der Waals surface area contributed by atoms with E-state index in [0.29, 0.717) is 17.9 Å². The van der Waals surface area contributed by atoms with Gasteiger partial charge in [0.15, 0.2) is 0 Å². The lowest BCUT2D eigenvalue weighted by Crippen LogP contribution is -2.43. The first kappa shape index (κ1) is 18.3. The number of carboxylic acid groups (broad SMARTS) is 1. The first-order valence-corrected chi connectivity index (χ1v) is 9.08. The molecule has 0 aliphatic carbocycles. The molecule has 5 nitrogen and oxygen atoms in total. The highest BCUT2D eigenvalue weighted by atomic mass is 79.9. The largest absolute Gasteiger partial charge is 0.480 e. The number of thioether (sulfide) groups is 1. The number of nitrogens with one attached hydrogen (secondary N) is 2. The molecule has 116 valence electrons. The predicted molar refractivity (Wildman–Crippen MR) is 93.2 cm³/mol. The summed E-state index contributed by atoms with van der Waals surface area (Å²) in [6.07, 6.45) is 2.26. The SMILES string of the molecule is CSCC[C@@H](NC(=O)Nc1c(Br)cc(C)cc1Br)C(=O)O. The van der Waals surface area contributed by atoms with Crippen molar-refractivity contribution < 1.29 is 14.7 Å². The summed E-state index contributed by atoms with van der Waals surface area (Å²) in [5.41, 5.74) is 1.59. The number of rotatable bonds is 6. The molecule has 0 aromatic heterocycles. The van der Waals surface area contributed by atoms with Gasteiger partial charge in [-0.15, -0.1) is 0 Å². The third-order valence-corrected chi connectivity index (χ3v) is 4.53. The van der Waals surface area contributed by atoms with Gasteiger partial charge < -0.3 is 15.7 Å². The number of benzene rings is 1. The first-order chi connectivity index (χ1) is 9.85. The molecule has 1 atom stereocenters. The van der Waals surface area contributed by atoms with Crippen molar-refractivity contribution in [1.29, 1.82) is 0 Å². The van der Waals surface area contributed by atoms with Crippen LogP contribution in [0.3, 0.4) is 0 Å². The second kappa shape index (κ2) is 8.65. The van der Waals surface area contributed by atoms with Gasteiger partial charge in [-0.1, -0.05) is 0 Å². The number of hydrogen-bond donors (Lipinski definition) is 3. The Bertz CT molecular complexity index is 517. The first-order valence-electron chi connectivity index (χ1n) is 6.10. The molecule has 1 aromatic rings. The normalized spacial score (nSPS) is 11.8. The number of urea groups is 1. The maximum atomic E-state index is 11.9. The van der Waals surface area contributed by atoms with Crippen LogP contribution in [0, 0.1) is 6.92 Å². The summed E-state index contributed by atoms with van der Waals surface area (Å²) in [6.45, 7) is 1.93. The molecule has 0 aliphatic rings. The second-order valence-electron chi connectivity index (χ2n) is 4.37. The van der Waals surface area contributed by atoms with E-state index >= 15 is 0 Å². The highest BCUT2D eigenvalue weighted by Crippen LogP contribution is 2.32. The minimum atomic E-state index is -1.04. The van der Waals surface area contributed by atoms with E-state index in [9.17, 15) is 9.59 Å². The molecule has 0 radical (unpaired) electrons. The van der Waals surface area contributed by atoms with Crippen LogP contribution < -0.4 is 10.6 Å². The third kappa shape index (κ3) is 5.88.